The third-order valence-electron chi connectivity index (χ3n) is 1.34. The number of hydrogen-bond acceptors (Lipinski definition) is 3. The number of nitrogens with zero attached hydrogens (tertiary/aromatic N) is 1. The number of benzene rings is 1. The summed E-state index contributed by atoms with van der Waals surface area (Å²) in [6.45, 7) is 0. The Morgan fingerprint density at radius 1 is 1.40 bits per heavy atom. The van der Waals surface area contributed by atoms with Gasteiger partial charge in [0, 0.05) is 9.64 Å². The molecule has 0 aliphatic heterocycles. The molecule has 0 radical (unpaired) electrons. The van der Waals surface area contributed by atoms with E-state index >= 15 is 0 Å². The van der Waals surface area contributed by atoms with Crippen molar-refractivity contribution >= 4 is 28.3 Å². The zero-order valence-corrected chi connectivity index (χ0v) is 9.07. The summed E-state index contributed by atoms with van der Waals surface area (Å²) in [5, 5.41) is 10.4. The van der Waals surface area contributed by atoms with E-state index in [9.17, 15) is 23.3 Å². The van der Waals surface area contributed by atoms with Gasteiger partial charge in [0.1, 0.15) is 0 Å². The molecule has 1 aromatic rings. The Morgan fingerprint density at radius 3 is 2.47 bits per heavy atom. The van der Waals surface area contributed by atoms with E-state index in [4.69, 9.17) is 0 Å². The molecule has 0 atom stereocenters. The molecule has 0 unspecified atom stereocenters. The Bertz CT molecular complexity index is 394. The molecule has 0 aliphatic rings. The van der Waals surface area contributed by atoms with E-state index in [0.717, 1.165) is 12.1 Å². The van der Waals surface area contributed by atoms with Crippen molar-refractivity contribution in [2.75, 3.05) is 0 Å². The molecule has 0 spiro atoms. The molecule has 0 heterocycles. The summed E-state index contributed by atoms with van der Waals surface area (Å²) in [5.41, 5.74) is -0.709. The summed E-state index contributed by atoms with van der Waals surface area (Å²) in [6, 6.07) is 3.20. The van der Waals surface area contributed by atoms with E-state index < -0.39 is 22.7 Å². The molecule has 4 nitrogen and oxygen atoms in total. The lowest BCUT2D eigenvalue weighted by molar-refractivity contribution is -0.388. The Labute approximate surface area is 95.3 Å². The summed E-state index contributed by atoms with van der Waals surface area (Å²) in [6.07, 6.45) is -4.93. The van der Waals surface area contributed by atoms with E-state index in [-0.39, 0.29) is 0 Å². The van der Waals surface area contributed by atoms with Crippen LogP contribution in [0.3, 0.4) is 0 Å². The van der Waals surface area contributed by atoms with Gasteiger partial charge in [-0.05, 0) is 34.7 Å². The summed E-state index contributed by atoms with van der Waals surface area (Å²) in [4.78, 5) is 9.49. The fraction of sp³-hybridized carbons (Fsp3) is 0.143. The maximum Gasteiger partial charge on any atom is 0.573 e. The Morgan fingerprint density at radius 2 is 2.00 bits per heavy atom. The maximum atomic E-state index is 11.8. The van der Waals surface area contributed by atoms with E-state index in [1.54, 1.807) is 22.6 Å². The van der Waals surface area contributed by atoms with Crippen molar-refractivity contribution in [3.63, 3.8) is 0 Å². The highest BCUT2D eigenvalue weighted by Crippen LogP contribution is 2.32. The Balaban J connectivity index is 3.12. The van der Waals surface area contributed by atoms with Crippen LogP contribution in [0.2, 0.25) is 0 Å². The van der Waals surface area contributed by atoms with Gasteiger partial charge in [-0.2, -0.15) is 0 Å². The van der Waals surface area contributed by atoms with Crippen LogP contribution in [0.15, 0.2) is 18.2 Å². The van der Waals surface area contributed by atoms with Gasteiger partial charge in [0.2, 0.25) is 5.75 Å². The highest BCUT2D eigenvalue weighted by atomic mass is 127. The Kier molecular flexibility index (Phi) is 3.37. The summed E-state index contributed by atoms with van der Waals surface area (Å²) in [5.74, 6) is -0.812. The third-order valence-corrected chi connectivity index (χ3v) is 2.01. The van der Waals surface area contributed by atoms with E-state index in [0.29, 0.717) is 3.57 Å². The number of nitro groups is 1. The second-order valence-corrected chi connectivity index (χ2v) is 3.66. The van der Waals surface area contributed by atoms with Crippen molar-refractivity contribution in [3.8, 4) is 5.75 Å². The van der Waals surface area contributed by atoms with Gasteiger partial charge in [-0.1, -0.05) is 0 Å². The third kappa shape index (κ3) is 3.53. The van der Waals surface area contributed by atoms with Crippen LogP contribution in [-0.2, 0) is 0 Å². The van der Waals surface area contributed by atoms with Gasteiger partial charge < -0.3 is 4.74 Å². The monoisotopic (exact) mass is 333 g/mol. The maximum absolute atomic E-state index is 11.8. The van der Waals surface area contributed by atoms with Gasteiger partial charge in [0.05, 0.1) is 4.92 Å². The van der Waals surface area contributed by atoms with E-state index in [2.05, 4.69) is 4.74 Å². The molecule has 0 amide bonds. The number of alkyl halides is 3. The summed E-state index contributed by atoms with van der Waals surface area (Å²) in [7, 11) is 0. The van der Waals surface area contributed by atoms with Crippen LogP contribution in [0.5, 0.6) is 5.75 Å². The first-order chi connectivity index (χ1) is 6.79. The SMILES string of the molecule is O=[N+]([O-])c1cc(I)ccc1OC(F)(F)F. The standard InChI is InChI=1S/C7H3F3INO3/c8-7(9,10)15-6-2-1-4(11)3-5(6)12(13)14/h1-3H. The van der Waals surface area contributed by atoms with Gasteiger partial charge in [-0.15, -0.1) is 13.2 Å². The lowest BCUT2D eigenvalue weighted by Gasteiger charge is -2.08. The Hall–Kier alpha value is -1.06. The molecule has 82 valence electrons. The normalized spacial score (nSPS) is 11.2. The van der Waals surface area contributed by atoms with Crippen LogP contribution >= 0.6 is 22.6 Å². The van der Waals surface area contributed by atoms with Gasteiger partial charge in [-0.25, -0.2) is 0 Å². The average molecular weight is 333 g/mol. The lowest BCUT2D eigenvalue weighted by atomic mass is 10.3. The minimum Gasteiger partial charge on any atom is -0.398 e. The molecule has 0 N–H and O–H groups in total. The van der Waals surface area contributed by atoms with Crippen LogP contribution in [0, 0.1) is 13.7 Å². The van der Waals surface area contributed by atoms with Crippen molar-refractivity contribution < 1.29 is 22.8 Å². The molecule has 1 rings (SSSR count). The minimum absolute atomic E-state index is 0.453. The smallest absolute Gasteiger partial charge is 0.398 e. The van der Waals surface area contributed by atoms with Crippen molar-refractivity contribution in [1.29, 1.82) is 0 Å². The van der Waals surface area contributed by atoms with Crippen LogP contribution in [0.1, 0.15) is 0 Å². The first-order valence-electron chi connectivity index (χ1n) is 3.49. The molecule has 0 aliphatic carbocycles. The first-order valence-corrected chi connectivity index (χ1v) is 4.57. The van der Waals surface area contributed by atoms with Crippen molar-refractivity contribution in [2.45, 2.75) is 6.36 Å². The molecule has 1 aromatic carbocycles. The van der Waals surface area contributed by atoms with Crippen molar-refractivity contribution in [2.24, 2.45) is 0 Å². The average Bonchev–Trinajstić information content (AvgIpc) is 2.05. The molecular weight excluding hydrogens is 330 g/mol. The van der Waals surface area contributed by atoms with Gasteiger partial charge in [0.15, 0.2) is 0 Å². The van der Waals surface area contributed by atoms with Crippen LogP contribution in [0.25, 0.3) is 0 Å². The van der Waals surface area contributed by atoms with Crippen LogP contribution < -0.4 is 4.74 Å². The molecular formula is C7H3F3INO3. The molecule has 0 saturated heterocycles. The van der Waals surface area contributed by atoms with Gasteiger partial charge in [-0.3, -0.25) is 10.1 Å². The predicted octanol–water partition coefficient (Wildman–Crippen LogP) is 3.10. The number of halogens is 4. The molecule has 8 heteroatoms. The lowest BCUT2D eigenvalue weighted by Crippen LogP contribution is -2.17. The molecule has 15 heavy (non-hydrogen) atoms. The van der Waals surface area contributed by atoms with Crippen molar-refractivity contribution in [3.05, 3.63) is 31.9 Å². The topological polar surface area (TPSA) is 52.4 Å². The number of nitro benzene ring substituents is 1. The second kappa shape index (κ2) is 4.21. The largest absolute Gasteiger partial charge is 0.573 e. The molecule has 0 bridgehead atoms. The van der Waals surface area contributed by atoms with Crippen LogP contribution in [0.4, 0.5) is 18.9 Å². The van der Waals surface area contributed by atoms with Gasteiger partial charge >= 0.3 is 12.0 Å². The number of ether oxygens (including phenoxy) is 1. The fourth-order valence-electron chi connectivity index (χ4n) is 0.844. The highest BCUT2D eigenvalue weighted by Gasteiger charge is 2.34. The van der Waals surface area contributed by atoms with E-state index in [1.807, 2.05) is 0 Å². The second-order valence-electron chi connectivity index (χ2n) is 2.42. The van der Waals surface area contributed by atoms with Gasteiger partial charge in [0.25, 0.3) is 0 Å². The van der Waals surface area contributed by atoms with E-state index in [1.165, 1.54) is 6.07 Å². The zero-order valence-electron chi connectivity index (χ0n) is 6.92. The molecule has 0 fully saturated rings. The highest BCUT2D eigenvalue weighted by molar-refractivity contribution is 14.1. The number of rotatable bonds is 2. The fourth-order valence-corrected chi connectivity index (χ4v) is 1.32. The minimum atomic E-state index is -4.93. The summed E-state index contributed by atoms with van der Waals surface area (Å²) < 4.78 is 39.5. The van der Waals surface area contributed by atoms with Crippen LogP contribution in [-0.4, -0.2) is 11.3 Å². The molecule has 0 aromatic heterocycles. The zero-order chi connectivity index (χ0) is 11.6. The quantitative estimate of drug-likeness (QED) is 0.475. The number of hydrogen-bond donors (Lipinski definition) is 0. The molecule has 0 saturated carbocycles. The predicted molar refractivity (Wildman–Crippen MR) is 52.5 cm³/mol. The summed E-state index contributed by atoms with van der Waals surface area (Å²) >= 11 is 1.75. The first kappa shape index (κ1) is 12.0. The van der Waals surface area contributed by atoms with Crippen molar-refractivity contribution in [1.82, 2.24) is 0 Å².